The fourth-order valence-corrected chi connectivity index (χ4v) is 4.15. The summed E-state index contributed by atoms with van der Waals surface area (Å²) in [7, 11) is 0. The van der Waals surface area contributed by atoms with E-state index in [1.54, 1.807) is 0 Å². The minimum absolute atomic E-state index is 0.0221. The summed E-state index contributed by atoms with van der Waals surface area (Å²) in [6.45, 7) is 15.4. The molecule has 0 aliphatic heterocycles. The average Bonchev–Trinajstić information content (AvgIpc) is 3.20. The van der Waals surface area contributed by atoms with E-state index in [1.165, 1.54) is 5.56 Å². The lowest BCUT2D eigenvalue weighted by Crippen LogP contribution is -2.39. The quantitative estimate of drug-likeness (QED) is 0.528. The van der Waals surface area contributed by atoms with Crippen LogP contribution < -0.4 is 5.56 Å². The number of aliphatic hydroxyl groups excluding tert-OH is 1. The number of aryl methyl sites for hydroxylation is 2. The first-order valence-corrected chi connectivity index (χ1v) is 11.4. The highest BCUT2D eigenvalue weighted by atomic mass is 16.3. The number of hydrogen-bond donors (Lipinski definition) is 2. The van der Waals surface area contributed by atoms with E-state index in [0.29, 0.717) is 18.7 Å². The highest BCUT2D eigenvalue weighted by molar-refractivity contribution is 5.80. The predicted molar refractivity (Wildman–Crippen MR) is 127 cm³/mol. The van der Waals surface area contributed by atoms with E-state index in [0.717, 1.165) is 28.7 Å². The number of nitrogens with one attached hydrogen (secondary N) is 1. The van der Waals surface area contributed by atoms with Gasteiger partial charge in [-0.25, -0.2) is 4.68 Å². The normalized spacial score (nSPS) is 13.4. The molecule has 0 radical (unpaired) electrons. The van der Waals surface area contributed by atoms with Crippen molar-refractivity contribution in [3.05, 3.63) is 51.1 Å². The monoisotopic (exact) mass is 440 g/mol. The Hall–Kier alpha value is -2.58. The smallest absolute Gasteiger partial charge is 0.252 e. The molecule has 0 fully saturated rings. The van der Waals surface area contributed by atoms with E-state index < -0.39 is 0 Å². The number of rotatable bonds is 9. The average molecular weight is 441 g/mol. The number of nitrogens with zero attached hydrogens (tertiary/aromatic N) is 5. The summed E-state index contributed by atoms with van der Waals surface area (Å²) in [5.41, 5.74) is 3.47. The largest absolute Gasteiger partial charge is 0.395 e. The zero-order chi connectivity index (χ0) is 23.6. The molecule has 0 spiro atoms. The summed E-state index contributed by atoms with van der Waals surface area (Å²) in [5, 5.41) is 23.5. The fraction of sp³-hybridized carbons (Fsp3) is 0.583. The zero-order valence-electron chi connectivity index (χ0n) is 20.3. The van der Waals surface area contributed by atoms with Gasteiger partial charge in [0.25, 0.3) is 5.56 Å². The van der Waals surface area contributed by atoms with Gasteiger partial charge in [-0.3, -0.25) is 9.69 Å². The molecule has 0 bridgehead atoms. The van der Waals surface area contributed by atoms with Crippen molar-refractivity contribution >= 4 is 10.9 Å². The number of aromatic nitrogens is 5. The van der Waals surface area contributed by atoms with E-state index >= 15 is 0 Å². The number of benzene rings is 1. The van der Waals surface area contributed by atoms with Crippen LogP contribution in [0.15, 0.2) is 23.0 Å². The van der Waals surface area contributed by atoms with E-state index in [4.69, 9.17) is 0 Å². The van der Waals surface area contributed by atoms with Crippen LogP contribution in [0.25, 0.3) is 10.9 Å². The van der Waals surface area contributed by atoms with Crippen molar-refractivity contribution in [1.82, 2.24) is 30.1 Å². The van der Waals surface area contributed by atoms with Crippen molar-refractivity contribution < 1.29 is 5.11 Å². The molecule has 0 aliphatic carbocycles. The van der Waals surface area contributed by atoms with Crippen LogP contribution in [0.4, 0.5) is 0 Å². The number of pyridine rings is 1. The van der Waals surface area contributed by atoms with Gasteiger partial charge in [-0.2, -0.15) is 0 Å². The van der Waals surface area contributed by atoms with Gasteiger partial charge in [-0.15, -0.1) is 5.10 Å². The lowest BCUT2D eigenvalue weighted by molar-refractivity contribution is 0.0999. The summed E-state index contributed by atoms with van der Waals surface area (Å²) in [6.07, 6.45) is 0.874. The molecule has 2 aromatic heterocycles. The van der Waals surface area contributed by atoms with Crippen LogP contribution in [-0.4, -0.2) is 48.3 Å². The van der Waals surface area contributed by atoms with Crippen LogP contribution in [-0.2, 0) is 12.1 Å². The van der Waals surface area contributed by atoms with Crippen molar-refractivity contribution in [3.8, 4) is 0 Å². The van der Waals surface area contributed by atoms with Gasteiger partial charge < -0.3 is 10.1 Å². The van der Waals surface area contributed by atoms with Crippen molar-refractivity contribution in [1.29, 1.82) is 0 Å². The van der Waals surface area contributed by atoms with Crippen molar-refractivity contribution in [3.63, 3.8) is 0 Å². The molecule has 8 heteroatoms. The highest BCUT2D eigenvalue weighted by Gasteiger charge is 2.33. The number of H-pyrrole nitrogens is 1. The summed E-state index contributed by atoms with van der Waals surface area (Å²) < 4.78 is 1.89. The third-order valence-corrected chi connectivity index (χ3v) is 6.52. The topological polar surface area (TPSA) is 99.9 Å². The summed E-state index contributed by atoms with van der Waals surface area (Å²) in [4.78, 5) is 18.1. The minimum atomic E-state index is -0.243. The third kappa shape index (κ3) is 4.76. The first-order valence-electron chi connectivity index (χ1n) is 11.4. The molecule has 174 valence electrons. The molecular weight excluding hydrogens is 404 g/mol. The van der Waals surface area contributed by atoms with Crippen LogP contribution in [0.3, 0.4) is 0 Å². The Balaban J connectivity index is 2.05. The maximum Gasteiger partial charge on any atom is 0.252 e. The molecule has 32 heavy (non-hydrogen) atoms. The highest BCUT2D eigenvalue weighted by Crippen LogP contribution is 2.31. The van der Waals surface area contributed by atoms with E-state index in [2.05, 4.69) is 73.0 Å². The maximum absolute atomic E-state index is 12.9. The molecule has 0 aliphatic rings. The molecule has 0 saturated carbocycles. The first-order chi connectivity index (χ1) is 15.1. The number of fused-ring (bicyclic) bond motifs is 1. The van der Waals surface area contributed by atoms with Crippen LogP contribution >= 0.6 is 0 Å². The van der Waals surface area contributed by atoms with Gasteiger partial charge in [-0.05, 0) is 85.2 Å². The van der Waals surface area contributed by atoms with E-state index in [9.17, 15) is 9.90 Å². The van der Waals surface area contributed by atoms with Gasteiger partial charge in [0.2, 0.25) is 0 Å². The van der Waals surface area contributed by atoms with Crippen molar-refractivity contribution in [2.45, 2.75) is 73.0 Å². The molecule has 8 nitrogen and oxygen atoms in total. The van der Waals surface area contributed by atoms with Crippen LogP contribution in [0.2, 0.25) is 0 Å². The van der Waals surface area contributed by atoms with Crippen LogP contribution in [0, 0.1) is 19.8 Å². The first kappa shape index (κ1) is 24.1. The minimum Gasteiger partial charge on any atom is -0.395 e. The van der Waals surface area contributed by atoms with E-state index in [-0.39, 0.29) is 29.7 Å². The molecule has 2 N–H and O–H groups in total. The molecule has 1 atom stereocenters. The van der Waals surface area contributed by atoms with Crippen LogP contribution in [0.1, 0.15) is 69.6 Å². The molecule has 0 unspecified atom stereocenters. The number of aliphatic hydroxyl groups is 1. The van der Waals surface area contributed by atoms with Crippen molar-refractivity contribution in [2.24, 2.45) is 5.92 Å². The molecule has 0 amide bonds. The maximum atomic E-state index is 12.9. The van der Waals surface area contributed by atoms with Gasteiger partial charge >= 0.3 is 0 Å². The second-order valence-electron chi connectivity index (χ2n) is 9.65. The third-order valence-electron chi connectivity index (χ3n) is 6.52. The van der Waals surface area contributed by atoms with Gasteiger partial charge in [0, 0.05) is 24.2 Å². The number of tetrazole rings is 1. The molecule has 3 rings (SSSR count). The predicted octanol–water partition coefficient (Wildman–Crippen LogP) is 3.47. The standard InChI is InChI=1S/C24H36N6O2/c1-8-24(6,7)30-22(26-27-28-30)21(15(2)3)29(9-10-31)14-19-13-18-11-16(4)17(5)12-20(18)25-23(19)32/h11-13,15,21,31H,8-10,14H2,1-7H3,(H,25,32)/t21-/m0/s1. The second kappa shape index (κ2) is 9.50. The Bertz CT molecular complexity index is 1130. The summed E-state index contributed by atoms with van der Waals surface area (Å²) in [6, 6.07) is 5.92. The lowest BCUT2D eigenvalue weighted by atomic mass is 9.97. The number of aromatic amines is 1. The molecule has 1 aromatic carbocycles. The Morgan fingerprint density at radius 1 is 1.19 bits per heavy atom. The van der Waals surface area contributed by atoms with Crippen molar-refractivity contribution in [2.75, 3.05) is 13.2 Å². The molecular formula is C24H36N6O2. The Morgan fingerprint density at radius 3 is 2.50 bits per heavy atom. The number of hydrogen-bond acceptors (Lipinski definition) is 6. The second-order valence-corrected chi connectivity index (χ2v) is 9.65. The Labute approximate surface area is 189 Å². The zero-order valence-corrected chi connectivity index (χ0v) is 20.3. The SMILES string of the molecule is CCC(C)(C)n1nnnc1[C@H](C(C)C)N(CCO)Cc1cc2cc(C)c(C)cc2[nH]c1=O. The van der Waals surface area contributed by atoms with Gasteiger partial charge in [0.05, 0.1) is 18.2 Å². The van der Waals surface area contributed by atoms with E-state index in [1.807, 2.05) is 23.7 Å². The summed E-state index contributed by atoms with van der Waals surface area (Å²) >= 11 is 0. The summed E-state index contributed by atoms with van der Waals surface area (Å²) in [5.74, 6) is 0.923. The van der Waals surface area contributed by atoms with Gasteiger partial charge in [-0.1, -0.05) is 20.8 Å². The Morgan fingerprint density at radius 2 is 1.88 bits per heavy atom. The lowest BCUT2D eigenvalue weighted by Gasteiger charge is -2.35. The molecule has 3 aromatic rings. The van der Waals surface area contributed by atoms with Gasteiger partial charge in [0.1, 0.15) is 0 Å². The molecule has 2 heterocycles. The fourth-order valence-electron chi connectivity index (χ4n) is 4.15. The Kier molecular flexibility index (Phi) is 7.15. The van der Waals surface area contributed by atoms with Gasteiger partial charge in [0.15, 0.2) is 5.82 Å². The van der Waals surface area contributed by atoms with Crippen LogP contribution in [0.5, 0.6) is 0 Å². The molecule has 0 saturated heterocycles.